The van der Waals surface area contributed by atoms with E-state index >= 15 is 0 Å². The number of rotatable bonds is 4. The van der Waals surface area contributed by atoms with Crippen LogP contribution >= 0.6 is 0 Å². The highest BCUT2D eigenvalue weighted by atomic mass is 16.7. The van der Waals surface area contributed by atoms with Gasteiger partial charge >= 0.3 is 0 Å². The van der Waals surface area contributed by atoms with Gasteiger partial charge in [-0.2, -0.15) is 0 Å². The molecule has 0 spiro atoms. The van der Waals surface area contributed by atoms with E-state index in [0.29, 0.717) is 6.61 Å². The molecule has 1 saturated carbocycles. The first-order valence-electron chi connectivity index (χ1n) is 7.80. The molecule has 5 nitrogen and oxygen atoms in total. The van der Waals surface area contributed by atoms with Crippen molar-refractivity contribution < 1.29 is 9.47 Å². The van der Waals surface area contributed by atoms with Crippen molar-refractivity contribution in [3.63, 3.8) is 0 Å². The van der Waals surface area contributed by atoms with Gasteiger partial charge in [-0.1, -0.05) is 0 Å². The average Bonchev–Trinajstić information content (AvgIpc) is 3.25. The van der Waals surface area contributed by atoms with Crippen LogP contribution < -0.4 is 0 Å². The summed E-state index contributed by atoms with van der Waals surface area (Å²) in [5.41, 5.74) is 2.32. The zero-order valence-electron chi connectivity index (χ0n) is 12.4. The predicted molar refractivity (Wildman–Crippen MR) is 79.0 cm³/mol. The number of nitrogens with zero attached hydrogens (tertiary/aromatic N) is 3. The zero-order valence-corrected chi connectivity index (χ0v) is 12.4. The van der Waals surface area contributed by atoms with Crippen LogP contribution in [-0.2, 0) is 15.0 Å². The topological polar surface area (TPSA) is 49.2 Å². The molecule has 0 aromatic carbocycles. The molecule has 2 aromatic heterocycles. The van der Waals surface area contributed by atoms with Crippen molar-refractivity contribution in [3.05, 3.63) is 24.3 Å². The van der Waals surface area contributed by atoms with Crippen LogP contribution in [0.15, 0.2) is 18.7 Å². The molecule has 2 aliphatic rings. The lowest BCUT2D eigenvalue weighted by molar-refractivity contribution is -0.169. The maximum Gasteiger partial charge on any atom is 0.157 e. The van der Waals surface area contributed by atoms with Gasteiger partial charge in [0.05, 0.1) is 12.1 Å². The summed E-state index contributed by atoms with van der Waals surface area (Å²) in [6.45, 7) is 3.66. The Morgan fingerprint density at radius 1 is 1.43 bits per heavy atom. The summed E-state index contributed by atoms with van der Waals surface area (Å²) in [5, 5.41) is 1.14. The van der Waals surface area contributed by atoms with Gasteiger partial charge in [0.1, 0.15) is 12.0 Å². The third-order valence-electron chi connectivity index (χ3n) is 4.68. The Balaban J connectivity index is 1.56. The second kappa shape index (κ2) is 5.07. The van der Waals surface area contributed by atoms with Gasteiger partial charge in [0, 0.05) is 24.4 Å². The normalized spacial score (nSPS) is 24.3. The van der Waals surface area contributed by atoms with Crippen LogP contribution in [0.2, 0.25) is 0 Å². The van der Waals surface area contributed by atoms with Crippen LogP contribution in [-0.4, -0.2) is 34.0 Å². The number of hydrogen-bond donors (Lipinski definition) is 0. The molecule has 5 heteroatoms. The molecule has 1 aliphatic heterocycles. The predicted octanol–water partition coefficient (Wildman–Crippen LogP) is 2.77. The van der Waals surface area contributed by atoms with Crippen molar-refractivity contribution in [3.8, 4) is 0 Å². The molecule has 4 rings (SSSR count). The molecule has 2 aromatic rings. The summed E-state index contributed by atoms with van der Waals surface area (Å²) in [7, 11) is 0. The van der Waals surface area contributed by atoms with E-state index in [-0.39, 0.29) is 11.8 Å². The number of ether oxygens (including phenoxy) is 2. The molecule has 112 valence electrons. The molecule has 0 amide bonds. The van der Waals surface area contributed by atoms with Crippen molar-refractivity contribution >= 4 is 11.0 Å². The number of aryl methyl sites for hydroxylation is 1. The van der Waals surface area contributed by atoms with E-state index in [2.05, 4.69) is 27.7 Å². The first-order chi connectivity index (χ1) is 10.3. The molecule has 21 heavy (non-hydrogen) atoms. The molecular weight excluding hydrogens is 266 g/mol. The van der Waals surface area contributed by atoms with Gasteiger partial charge in [-0.15, -0.1) is 0 Å². The van der Waals surface area contributed by atoms with Gasteiger partial charge in [0.15, 0.2) is 6.29 Å². The Labute approximate surface area is 124 Å². The first kappa shape index (κ1) is 13.2. The molecule has 1 unspecified atom stereocenters. The molecular formula is C16H21N3O2. The summed E-state index contributed by atoms with van der Waals surface area (Å²) >= 11 is 0. The molecule has 0 N–H and O–H groups in total. The molecule has 1 atom stereocenters. The molecule has 1 saturated heterocycles. The second-order valence-corrected chi connectivity index (χ2v) is 6.27. The summed E-state index contributed by atoms with van der Waals surface area (Å²) in [5.74, 6) is 0. The summed E-state index contributed by atoms with van der Waals surface area (Å²) in [6, 6.07) is 0. The maximum atomic E-state index is 6.04. The van der Waals surface area contributed by atoms with Crippen LogP contribution in [0.5, 0.6) is 0 Å². The van der Waals surface area contributed by atoms with Crippen LogP contribution in [0.3, 0.4) is 0 Å². The van der Waals surface area contributed by atoms with E-state index in [1.54, 1.807) is 6.33 Å². The highest BCUT2D eigenvalue weighted by Crippen LogP contribution is 2.46. The minimum absolute atomic E-state index is 0.0197. The Morgan fingerprint density at radius 3 is 3.10 bits per heavy atom. The number of hydrogen-bond acceptors (Lipinski definition) is 4. The van der Waals surface area contributed by atoms with Crippen molar-refractivity contribution in [2.24, 2.45) is 0 Å². The Morgan fingerprint density at radius 2 is 2.33 bits per heavy atom. The van der Waals surface area contributed by atoms with E-state index in [1.807, 2.05) is 6.20 Å². The lowest BCUT2D eigenvalue weighted by Gasteiger charge is -2.26. The largest absolute Gasteiger partial charge is 0.353 e. The minimum atomic E-state index is -0.0197. The van der Waals surface area contributed by atoms with Crippen LogP contribution in [0, 0.1) is 6.92 Å². The third kappa shape index (κ3) is 2.34. The Hall–Kier alpha value is -1.46. The van der Waals surface area contributed by atoms with Gasteiger partial charge in [0.2, 0.25) is 0 Å². The smallest absolute Gasteiger partial charge is 0.157 e. The lowest BCUT2D eigenvalue weighted by Crippen LogP contribution is -2.30. The fraction of sp³-hybridized carbons (Fsp3) is 0.625. The molecule has 2 fully saturated rings. The molecule has 3 heterocycles. The van der Waals surface area contributed by atoms with Crippen LogP contribution in [0.1, 0.15) is 37.7 Å². The molecule has 1 aliphatic carbocycles. The van der Waals surface area contributed by atoms with Crippen molar-refractivity contribution in [1.82, 2.24) is 14.5 Å². The maximum absolute atomic E-state index is 6.04. The lowest BCUT2D eigenvalue weighted by atomic mass is 10.2. The summed E-state index contributed by atoms with van der Waals surface area (Å²) in [4.78, 5) is 8.60. The Bertz CT molecular complexity index is 642. The highest BCUT2D eigenvalue weighted by Gasteiger charge is 2.46. The van der Waals surface area contributed by atoms with Gasteiger partial charge in [-0.3, -0.25) is 0 Å². The van der Waals surface area contributed by atoms with E-state index in [9.17, 15) is 0 Å². The first-order valence-corrected chi connectivity index (χ1v) is 7.80. The van der Waals surface area contributed by atoms with Gasteiger partial charge in [-0.05, 0) is 44.6 Å². The van der Waals surface area contributed by atoms with Crippen molar-refractivity contribution in [2.75, 3.05) is 13.2 Å². The fourth-order valence-corrected chi connectivity index (χ4v) is 3.17. The number of fused-ring (bicyclic) bond motifs is 1. The van der Waals surface area contributed by atoms with E-state index < -0.39 is 0 Å². The van der Waals surface area contributed by atoms with E-state index in [1.165, 1.54) is 12.0 Å². The van der Waals surface area contributed by atoms with E-state index in [4.69, 9.17) is 9.47 Å². The SMILES string of the molecule is Cc1cn(C2(COC3CCCCO3)CC2)c2ncncc12. The quantitative estimate of drug-likeness (QED) is 0.867. The van der Waals surface area contributed by atoms with Gasteiger partial charge in [-0.25, -0.2) is 9.97 Å². The van der Waals surface area contributed by atoms with Gasteiger partial charge in [0.25, 0.3) is 0 Å². The van der Waals surface area contributed by atoms with Crippen LogP contribution in [0.25, 0.3) is 11.0 Å². The highest BCUT2D eigenvalue weighted by molar-refractivity contribution is 5.79. The second-order valence-electron chi connectivity index (χ2n) is 6.27. The standard InChI is InChI=1S/C16H21N3O2/c1-12-9-19(15-13(12)8-17-11-18-15)16(5-6-16)10-21-14-4-2-3-7-20-14/h8-9,11,14H,2-7,10H2,1H3. The summed E-state index contributed by atoms with van der Waals surface area (Å²) in [6.07, 6.45) is 11.4. The minimum Gasteiger partial charge on any atom is -0.353 e. The molecule has 0 radical (unpaired) electrons. The number of aromatic nitrogens is 3. The van der Waals surface area contributed by atoms with Crippen molar-refractivity contribution in [1.29, 1.82) is 0 Å². The van der Waals surface area contributed by atoms with Crippen LogP contribution in [0.4, 0.5) is 0 Å². The Kier molecular flexibility index (Phi) is 3.19. The van der Waals surface area contributed by atoms with Gasteiger partial charge < -0.3 is 14.0 Å². The fourth-order valence-electron chi connectivity index (χ4n) is 3.17. The van der Waals surface area contributed by atoms with Crippen molar-refractivity contribution in [2.45, 2.75) is 50.9 Å². The summed E-state index contributed by atoms with van der Waals surface area (Å²) < 4.78 is 14.0. The third-order valence-corrected chi connectivity index (χ3v) is 4.68. The average molecular weight is 287 g/mol. The monoisotopic (exact) mass is 287 g/mol. The van der Waals surface area contributed by atoms with E-state index in [0.717, 1.165) is 43.3 Å². The molecule has 0 bridgehead atoms. The zero-order chi connectivity index (χ0) is 14.3.